The lowest BCUT2D eigenvalue weighted by molar-refractivity contribution is 0.0520. The average Bonchev–Trinajstić information content (AvgIpc) is 2.90. The van der Waals surface area contributed by atoms with Gasteiger partial charge in [0.2, 0.25) is 0 Å². The first kappa shape index (κ1) is 16.4. The fourth-order valence-electron chi connectivity index (χ4n) is 2.77. The zero-order valence-corrected chi connectivity index (χ0v) is 13.7. The molecule has 4 nitrogen and oxygen atoms in total. The summed E-state index contributed by atoms with van der Waals surface area (Å²) >= 11 is 1.55. The molecule has 0 saturated heterocycles. The summed E-state index contributed by atoms with van der Waals surface area (Å²) in [7, 11) is 0. The molecule has 1 fully saturated rings. The number of carbonyl (C=O) groups excluding carboxylic acids is 1. The molecule has 1 aliphatic carbocycles. The molecule has 0 aromatic carbocycles. The van der Waals surface area contributed by atoms with E-state index in [1.54, 1.807) is 16.7 Å². The Balaban J connectivity index is 1.71. The summed E-state index contributed by atoms with van der Waals surface area (Å²) in [5.41, 5.74) is 0.447. The second-order valence-corrected chi connectivity index (χ2v) is 6.54. The zero-order valence-electron chi connectivity index (χ0n) is 12.9. The van der Waals surface area contributed by atoms with Crippen LogP contribution in [0.25, 0.3) is 0 Å². The molecule has 0 bridgehead atoms. The van der Waals surface area contributed by atoms with Gasteiger partial charge in [-0.05, 0) is 19.8 Å². The Morgan fingerprint density at radius 1 is 1.33 bits per heavy atom. The number of esters is 1. The minimum atomic E-state index is -0.312. The fourth-order valence-corrected chi connectivity index (χ4v) is 3.54. The van der Waals surface area contributed by atoms with Crippen LogP contribution in [0.2, 0.25) is 0 Å². The number of rotatable bonds is 6. The Morgan fingerprint density at radius 2 is 2.05 bits per heavy atom. The maximum absolute atomic E-state index is 11.6. The van der Waals surface area contributed by atoms with E-state index in [-0.39, 0.29) is 5.97 Å². The number of nitrogens with one attached hydrogen (secondary N) is 1. The standard InChI is InChI=1S/C16H26N2O2S/c1-2-20-16(19)14-12-21-15(18-14)10-11-17-13-8-6-4-3-5-7-9-13/h12-13,17H,2-11H2,1H3. The van der Waals surface area contributed by atoms with Crippen LogP contribution in [0.5, 0.6) is 0 Å². The van der Waals surface area contributed by atoms with Crippen LogP contribution in [0.1, 0.15) is 67.4 Å². The summed E-state index contributed by atoms with van der Waals surface area (Å²) in [5, 5.41) is 6.46. The highest BCUT2D eigenvalue weighted by Gasteiger charge is 2.13. The van der Waals surface area contributed by atoms with Crippen molar-refractivity contribution in [3.05, 3.63) is 16.1 Å². The minimum Gasteiger partial charge on any atom is -0.461 e. The number of hydrogen-bond acceptors (Lipinski definition) is 5. The van der Waals surface area contributed by atoms with Crippen LogP contribution in [0, 0.1) is 0 Å². The minimum absolute atomic E-state index is 0.312. The van der Waals surface area contributed by atoms with Gasteiger partial charge in [0.1, 0.15) is 0 Å². The molecule has 0 radical (unpaired) electrons. The molecule has 0 amide bonds. The Bertz CT molecular complexity index is 426. The molecule has 1 aromatic heterocycles. The van der Waals surface area contributed by atoms with E-state index in [1.165, 1.54) is 44.9 Å². The van der Waals surface area contributed by atoms with Crippen molar-refractivity contribution in [3.63, 3.8) is 0 Å². The average molecular weight is 310 g/mol. The van der Waals surface area contributed by atoms with Crippen LogP contribution in [-0.2, 0) is 11.2 Å². The summed E-state index contributed by atoms with van der Waals surface area (Å²) in [6, 6.07) is 0.662. The van der Waals surface area contributed by atoms with E-state index in [0.29, 0.717) is 18.3 Å². The normalized spacial score (nSPS) is 17.2. The smallest absolute Gasteiger partial charge is 0.357 e. The number of hydrogen-bond donors (Lipinski definition) is 1. The molecule has 0 aliphatic heterocycles. The predicted molar refractivity (Wildman–Crippen MR) is 85.9 cm³/mol. The van der Waals surface area contributed by atoms with Gasteiger partial charge in [0.25, 0.3) is 0 Å². The third-order valence-corrected chi connectivity index (χ3v) is 4.82. The van der Waals surface area contributed by atoms with E-state index in [2.05, 4.69) is 10.3 Å². The lowest BCUT2D eigenvalue weighted by Crippen LogP contribution is -2.31. The van der Waals surface area contributed by atoms with E-state index in [4.69, 9.17) is 4.74 Å². The molecule has 1 heterocycles. The van der Waals surface area contributed by atoms with Crippen molar-refractivity contribution in [1.82, 2.24) is 10.3 Å². The first-order valence-electron chi connectivity index (χ1n) is 8.14. The van der Waals surface area contributed by atoms with Crippen molar-refractivity contribution in [2.75, 3.05) is 13.2 Å². The summed E-state index contributed by atoms with van der Waals surface area (Å²) in [4.78, 5) is 15.9. The zero-order chi connectivity index (χ0) is 14.9. The molecule has 5 heteroatoms. The van der Waals surface area contributed by atoms with Gasteiger partial charge in [-0.25, -0.2) is 9.78 Å². The summed E-state index contributed by atoms with van der Waals surface area (Å²) < 4.78 is 4.96. The molecule has 1 aromatic rings. The van der Waals surface area contributed by atoms with Gasteiger partial charge >= 0.3 is 5.97 Å². The Kier molecular flexibility index (Phi) is 7.16. The van der Waals surface area contributed by atoms with E-state index < -0.39 is 0 Å². The molecular formula is C16H26N2O2S. The highest BCUT2D eigenvalue weighted by Crippen LogP contribution is 2.17. The Labute approximate surface area is 131 Å². The molecule has 1 aliphatic rings. The largest absolute Gasteiger partial charge is 0.461 e. The Morgan fingerprint density at radius 3 is 2.76 bits per heavy atom. The van der Waals surface area contributed by atoms with Crippen molar-refractivity contribution >= 4 is 17.3 Å². The van der Waals surface area contributed by atoms with Gasteiger partial charge in [-0.3, -0.25) is 0 Å². The van der Waals surface area contributed by atoms with E-state index in [9.17, 15) is 4.79 Å². The van der Waals surface area contributed by atoms with Crippen molar-refractivity contribution in [2.45, 2.75) is 64.3 Å². The maximum Gasteiger partial charge on any atom is 0.357 e. The molecular weight excluding hydrogens is 284 g/mol. The summed E-state index contributed by atoms with van der Waals surface area (Å²) in [5.74, 6) is -0.312. The third kappa shape index (κ3) is 5.75. The van der Waals surface area contributed by atoms with Crippen molar-refractivity contribution < 1.29 is 9.53 Å². The predicted octanol–water partition coefficient (Wildman–Crippen LogP) is 3.56. The highest BCUT2D eigenvalue weighted by molar-refractivity contribution is 7.09. The van der Waals surface area contributed by atoms with E-state index in [1.807, 2.05) is 6.92 Å². The first-order valence-corrected chi connectivity index (χ1v) is 9.02. The van der Waals surface area contributed by atoms with Gasteiger partial charge in [-0.2, -0.15) is 0 Å². The van der Waals surface area contributed by atoms with Gasteiger partial charge in [0, 0.05) is 24.4 Å². The number of nitrogens with zero attached hydrogens (tertiary/aromatic N) is 1. The van der Waals surface area contributed by atoms with Crippen LogP contribution < -0.4 is 5.32 Å². The molecule has 0 atom stereocenters. The van der Waals surface area contributed by atoms with E-state index >= 15 is 0 Å². The first-order chi connectivity index (χ1) is 10.3. The van der Waals surface area contributed by atoms with Crippen LogP contribution in [-0.4, -0.2) is 30.1 Å². The third-order valence-electron chi connectivity index (χ3n) is 3.91. The van der Waals surface area contributed by atoms with Crippen molar-refractivity contribution in [2.24, 2.45) is 0 Å². The van der Waals surface area contributed by atoms with Crippen molar-refractivity contribution in [1.29, 1.82) is 0 Å². The van der Waals surface area contributed by atoms with E-state index in [0.717, 1.165) is 18.0 Å². The lowest BCUT2D eigenvalue weighted by Gasteiger charge is -2.20. The van der Waals surface area contributed by atoms with Gasteiger partial charge in [0.15, 0.2) is 5.69 Å². The van der Waals surface area contributed by atoms with Crippen LogP contribution in [0.3, 0.4) is 0 Å². The second kappa shape index (κ2) is 9.15. The number of aromatic nitrogens is 1. The molecule has 21 heavy (non-hydrogen) atoms. The van der Waals surface area contributed by atoms with Crippen LogP contribution in [0.15, 0.2) is 5.38 Å². The molecule has 1 N–H and O–H groups in total. The Hall–Kier alpha value is -0.940. The van der Waals surface area contributed by atoms with Crippen LogP contribution in [0.4, 0.5) is 0 Å². The van der Waals surface area contributed by atoms with Gasteiger partial charge in [-0.1, -0.05) is 32.1 Å². The number of thiazole rings is 1. The topological polar surface area (TPSA) is 51.2 Å². The quantitative estimate of drug-likeness (QED) is 0.816. The fraction of sp³-hybridized carbons (Fsp3) is 0.750. The van der Waals surface area contributed by atoms with Gasteiger partial charge in [-0.15, -0.1) is 11.3 Å². The van der Waals surface area contributed by atoms with Gasteiger partial charge < -0.3 is 10.1 Å². The lowest BCUT2D eigenvalue weighted by atomic mass is 9.97. The number of ether oxygens (including phenoxy) is 1. The molecule has 1 saturated carbocycles. The van der Waals surface area contributed by atoms with Gasteiger partial charge in [0.05, 0.1) is 11.6 Å². The monoisotopic (exact) mass is 310 g/mol. The molecule has 0 unspecified atom stereocenters. The maximum atomic E-state index is 11.6. The van der Waals surface area contributed by atoms with Crippen molar-refractivity contribution in [3.8, 4) is 0 Å². The molecule has 0 spiro atoms. The summed E-state index contributed by atoms with van der Waals surface area (Å²) in [6.45, 7) is 3.15. The van der Waals surface area contributed by atoms with Crippen LogP contribution >= 0.6 is 11.3 Å². The molecule has 2 rings (SSSR count). The highest BCUT2D eigenvalue weighted by atomic mass is 32.1. The number of carbonyl (C=O) groups is 1. The second-order valence-electron chi connectivity index (χ2n) is 5.59. The summed E-state index contributed by atoms with van der Waals surface area (Å²) in [6.07, 6.45) is 10.4. The SMILES string of the molecule is CCOC(=O)c1csc(CCNC2CCCCCCC2)n1. The molecule has 118 valence electrons.